The number of anilines is 1. The summed E-state index contributed by atoms with van der Waals surface area (Å²) in [6.07, 6.45) is 3.81. The lowest BCUT2D eigenvalue weighted by molar-refractivity contribution is -0.305. The zero-order chi connectivity index (χ0) is 13.5. The lowest BCUT2D eigenvalue weighted by Crippen LogP contribution is -2.52. The van der Waals surface area contributed by atoms with E-state index in [0.29, 0.717) is 18.5 Å². The van der Waals surface area contributed by atoms with Crippen molar-refractivity contribution in [3.8, 4) is 0 Å². The van der Waals surface area contributed by atoms with Gasteiger partial charge in [-0.1, -0.05) is 37.5 Å². The highest BCUT2D eigenvalue weighted by Crippen LogP contribution is 2.46. The summed E-state index contributed by atoms with van der Waals surface area (Å²) in [6.45, 7) is 0. The van der Waals surface area contributed by atoms with Gasteiger partial charge in [0.15, 0.2) is 9.84 Å². The van der Waals surface area contributed by atoms with Gasteiger partial charge in [-0.3, -0.25) is 0 Å². The molecule has 1 aromatic carbocycles. The van der Waals surface area contributed by atoms with Crippen molar-refractivity contribution in [2.45, 2.75) is 37.0 Å². The molecule has 0 radical (unpaired) electrons. The minimum atomic E-state index is -3.50. The van der Waals surface area contributed by atoms with E-state index in [2.05, 4.69) is 0 Å². The van der Waals surface area contributed by atoms with Crippen molar-refractivity contribution in [2.24, 2.45) is 0 Å². The quantitative estimate of drug-likeness (QED) is 0.785. The summed E-state index contributed by atoms with van der Waals surface area (Å²) in [6, 6.07) is 9.09. The van der Waals surface area contributed by atoms with Gasteiger partial charge < -0.3 is 10.0 Å². The first kappa shape index (κ1) is 12.5. The molecule has 4 nitrogen and oxygen atoms in total. The normalized spacial score (nSPS) is 24.4. The van der Waals surface area contributed by atoms with Crippen molar-refractivity contribution < 1.29 is 13.5 Å². The van der Waals surface area contributed by atoms with Gasteiger partial charge in [-0.15, -0.1) is 0 Å². The summed E-state index contributed by atoms with van der Waals surface area (Å²) >= 11 is 0. The van der Waals surface area contributed by atoms with Gasteiger partial charge in [0.1, 0.15) is 4.87 Å². The molecule has 0 N–H and O–H groups in total. The summed E-state index contributed by atoms with van der Waals surface area (Å²) in [4.78, 5) is 0.450. The number of benzene rings is 1. The molecule has 19 heavy (non-hydrogen) atoms. The van der Waals surface area contributed by atoms with Crippen molar-refractivity contribution >= 4 is 15.5 Å². The zero-order valence-corrected chi connectivity index (χ0v) is 11.4. The summed E-state index contributed by atoms with van der Waals surface area (Å²) in [5.41, 5.74) is 0.673. The highest BCUT2D eigenvalue weighted by Gasteiger charge is 2.51. The first-order valence-corrected chi connectivity index (χ1v) is 8.10. The van der Waals surface area contributed by atoms with Crippen LogP contribution in [0.5, 0.6) is 0 Å². The number of hydrogen-bond donors (Lipinski definition) is 0. The van der Waals surface area contributed by atoms with Crippen LogP contribution in [-0.4, -0.2) is 13.3 Å². The van der Waals surface area contributed by atoms with Gasteiger partial charge in [0.25, 0.3) is 0 Å². The fourth-order valence-electron chi connectivity index (χ4n) is 3.18. The minimum absolute atomic E-state index is 0.409. The van der Waals surface area contributed by atoms with Gasteiger partial charge in [0, 0.05) is 11.1 Å². The van der Waals surface area contributed by atoms with E-state index >= 15 is 0 Å². The third-order valence-electron chi connectivity index (χ3n) is 4.06. The number of nitrogens with zero attached hydrogens (tertiary/aromatic N) is 1. The van der Waals surface area contributed by atoms with Crippen molar-refractivity contribution in [3.63, 3.8) is 0 Å². The van der Waals surface area contributed by atoms with E-state index in [1.807, 2.05) is 18.2 Å². The standard InChI is InChI=1S/C14H17NO3S/c16-13-11-19(17,18)14(9-5-2-6-10-14)15(13)12-7-3-1-4-8-12/h1,3-4,7-8,11,16H,2,5-6,9-10H2/p-1. The number of sulfone groups is 1. The zero-order valence-electron chi connectivity index (χ0n) is 10.6. The maximum absolute atomic E-state index is 12.4. The highest BCUT2D eigenvalue weighted by atomic mass is 32.2. The fraction of sp³-hybridized carbons (Fsp3) is 0.429. The first-order chi connectivity index (χ1) is 9.07. The largest absolute Gasteiger partial charge is 0.860 e. The predicted molar refractivity (Wildman–Crippen MR) is 71.7 cm³/mol. The van der Waals surface area contributed by atoms with Crippen LogP contribution in [0.2, 0.25) is 0 Å². The number of hydrogen-bond acceptors (Lipinski definition) is 4. The molecule has 1 heterocycles. The molecule has 0 bridgehead atoms. The van der Waals surface area contributed by atoms with E-state index in [1.165, 1.54) is 4.90 Å². The molecular weight excluding hydrogens is 262 g/mol. The molecule has 3 rings (SSSR count). The maximum Gasteiger partial charge on any atom is 0.196 e. The number of para-hydroxylation sites is 1. The molecule has 0 saturated heterocycles. The van der Waals surface area contributed by atoms with Crippen LogP contribution in [0.15, 0.2) is 41.6 Å². The van der Waals surface area contributed by atoms with E-state index in [9.17, 15) is 13.5 Å². The molecule has 0 atom stereocenters. The highest BCUT2D eigenvalue weighted by molar-refractivity contribution is 7.96. The summed E-state index contributed by atoms with van der Waals surface area (Å²) in [7, 11) is -3.50. The van der Waals surface area contributed by atoms with E-state index < -0.39 is 20.6 Å². The Kier molecular flexibility index (Phi) is 2.82. The van der Waals surface area contributed by atoms with Crippen LogP contribution in [-0.2, 0) is 9.84 Å². The Hall–Kier alpha value is -1.49. The van der Waals surface area contributed by atoms with Crippen LogP contribution in [0, 0.1) is 0 Å². The van der Waals surface area contributed by atoms with Crippen LogP contribution < -0.4 is 10.0 Å². The fourth-order valence-corrected chi connectivity index (χ4v) is 5.07. The van der Waals surface area contributed by atoms with Crippen LogP contribution >= 0.6 is 0 Å². The monoisotopic (exact) mass is 278 g/mol. The van der Waals surface area contributed by atoms with Crippen LogP contribution in [0.25, 0.3) is 0 Å². The second-order valence-corrected chi connectivity index (χ2v) is 7.26. The Morgan fingerprint density at radius 3 is 2.32 bits per heavy atom. The van der Waals surface area contributed by atoms with Crippen molar-refractivity contribution in [1.29, 1.82) is 0 Å². The third-order valence-corrected chi connectivity index (χ3v) is 6.22. The van der Waals surface area contributed by atoms with Gasteiger partial charge >= 0.3 is 0 Å². The molecule has 1 fully saturated rings. The van der Waals surface area contributed by atoms with Crippen LogP contribution in [0.3, 0.4) is 0 Å². The van der Waals surface area contributed by atoms with E-state index in [1.54, 1.807) is 12.1 Å². The second-order valence-electron chi connectivity index (χ2n) is 5.18. The van der Waals surface area contributed by atoms with Gasteiger partial charge in [0.2, 0.25) is 0 Å². The molecule has 1 aliphatic heterocycles. The molecule has 5 heteroatoms. The molecule has 1 saturated carbocycles. The van der Waals surface area contributed by atoms with Crippen molar-refractivity contribution in [2.75, 3.05) is 4.90 Å². The molecule has 2 aliphatic rings. The number of rotatable bonds is 1. The smallest absolute Gasteiger partial charge is 0.196 e. The lowest BCUT2D eigenvalue weighted by atomic mass is 9.93. The van der Waals surface area contributed by atoms with Crippen LogP contribution in [0.4, 0.5) is 5.69 Å². The van der Waals surface area contributed by atoms with Gasteiger partial charge in [0.05, 0.1) is 0 Å². The van der Waals surface area contributed by atoms with Gasteiger partial charge in [-0.2, -0.15) is 0 Å². The molecular formula is C14H16NO3S-. The average Bonchev–Trinajstić information content (AvgIpc) is 2.58. The Balaban J connectivity index is 2.14. The third kappa shape index (κ3) is 1.75. The Morgan fingerprint density at radius 1 is 1.05 bits per heavy atom. The van der Waals surface area contributed by atoms with E-state index in [-0.39, 0.29) is 0 Å². The molecule has 0 aromatic heterocycles. The topological polar surface area (TPSA) is 60.4 Å². The molecule has 1 aliphatic carbocycles. The molecule has 102 valence electrons. The van der Waals surface area contributed by atoms with E-state index in [4.69, 9.17) is 0 Å². The maximum atomic E-state index is 12.4. The Labute approximate surface area is 113 Å². The molecule has 1 spiro atoms. The van der Waals surface area contributed by atoms with Crippen LogP contribution in [0.1, 0.15) is 32.1 Å². The second kappa shape index (κ2) is 4.27. The Bertz CT molecular complexity index is 601. The summed E-state index contributed by atoms with van der Waals surface area (Å²) < 4.78 is 24.8. The van der Waals surface area contributed by atoms with Crippen molar-refractivity contribution in [3.05, 3.63) is 41.6 Å². The molecule has 0 unspecified atom stereocenters. The first-order valence-electron chi connectivity index (χ1n) is 6.55. The summed E-state index contributed by atoms with van der Waals surface area (Å²) in [5.74, 6) is -0.409. The van der Waals surface area contributed by atoms with Gasteiger partial charge in [-0.25, -0.2) is 8.42 Å². The van der Waals surface area contributed by atoms with Gasteiger partial charge in [-0.05, 0) is 30.9 Å². The molecule has 1 aromatic rings. The predicted octanol–water partition coefficient (Wildman–Crippen LogP) is 1.74. The average molecular weight is 278 g/mol. The summed E-state index contributed by atoms with van der Waals surface area (Å²) in [5, 5.41) is 13.1. The SMILES string of the molecule is O=S1(=O)C=C([O-])N(c2ccccc2)C12CCCCC2. The Morgan fingerprint density at radius 2 is 1.68 bits per heavy atom. The minimum Gasteiger partial charge on any atom is -0.860 e. The van der Waals surface area contributed by atoms with Crippen molar-refractivity contribution in [1.82, 2.24) is 0 Å². The van der Waals surface area contributed by atoms with E-state index in [0.717, 1.165) is 24.7 Å². The molecule has 0 amide bonds. The lowest BCUT2D eigenvalue weighted by Gasteiger charge is -2.44.